The maximum absolute atomic E-state index is 5.40. The zero-order valence-corrected chi connectivity index (χ0v) is 58.7. The molecule has 4 heterocycles. The van der Waals surface area contributed by atoms with Crippen molar-refractivity contribution in [3.63, 3.8) is 0 Å². The van der Waals surface area contributed by atoms with E-state index < -0.39 is 0 Å². The average molecular weight is 1370 g/mol. The second-order valence-electron chi connectivity index (χ2n) is 28.4. The minimum Gasteiger partial charge on any atom is -0.245 e. The molecule has 22 aromatic rings. The van der Waals surface area contributed by atoms with E-state index >= 15 is 0 Å². The molecule has 4 aromatic heterocycles. The summed E-state index contributed by atoms with van der Waals surface area (Å²) in [5.74, 6) is 0. The molecular weight excluding hydrogens is 1310 g/mol. The van der Waals surface area contributed by atoms with Gasteiger partial charge in [-0.25, -0.2) is 19.9 Å². The van der Waals surface area contributed by atoms with Gasteiger partial charge in [0.2, 0.25) is 0 Å². The van der Waals surface area contributed by atoms with Crippen molar-refractivity contribution in [3.05, 3.63) is 388 Å². The Morgan fingerprint density at radius 2 is 0.435 bits per heavy atom. The lowest BCUT2D eigenvalue weighted by atomic mass is 9.91. The van der Waals surface area contributed by atoms with Crippen LogP contribution in [0.25, 0.3) is 219 Å². The zero-order chi connectivity index (χ0) is 71.2. The van der Waals surface area contributed by atoms with Crippen molar-refractivity contribution < 1.29 is 0 Å². The Balaban J connectivity index is 0.000000138. The SMILES string of the molecule is c1ccc(-c2c3ccccc3nc3c2ccc2ccc(-c4ccc(-c5ccc6cc(-c7ccc8ccccc8c7)ccc6c5)c5ccccc45)nc23)cc1.c1ccc(-c2c3ccccc3nc3c2ccc2ccc(-c4ccc5cc(-c6ccc7cc(-c8ccc9ccccc9c8)ccc7c6)ccc5c4)nc23)cc1. The Kier molecular flexibility index (Phi) is 14.9. The minimum atomic E-state index is 0.915. The van der Waals surface area contributed by atoms with Crippen LogP contribution >= 0.6 is 0 Å². The fourth-order valence-corrected chi connectivity index (χ4v) is 16.5. The van der Waals surface area contributed by atoms with Gasteiger partial charge in [-0.15, -0.1) is 0 Å². The van der Waals surface area contributed by atoms with Crippen LogP contribution in [0.5, 0.6) is 0 Å². The van der Waals surface area contributed by atoms with Crippen molar-refractivity contribution in [1.82, 2.24) is 19.9 Å². The zero-order valence-electron chi connectivity index (χ0n) is 58.7. The van der Waals surface area contributed by atoms with Gasteiger partial charge in [0.25, 0.3) is 0 Å². The summed E-state index contributed by atoms with van der Waals surface area (Å²) < 4.78 is 0. The van der Waals surface area contributed by atoms with Crippen LogP contribution in [-0.4, -0.2) is 19.9 Å². The Morgan fingerprint density at radius 3 is 0.889 bits per heavy atom. The maximum atomic E-state index is 5.40. The van der Waals surface area contributed by atoms with Crippen molar-refractivity contribution in [2.24, 2.45) is 0 Å². The van der Waals surface area contributed by atoms with Crippen LogP contribution in [-0.2, 0) is 0 Å². The topological polar surface area (TPSA) is 51.6 Å². The van der Waals surface area contributed by atoms with Crippen LogP contribution < -0.4 is 0 Å². The van der Waals surface area contributed by atoms with Gasteiger partial charge in [-0.3, -0.25) is 0 Å². The van der Waals surface area contributed by atoms with Crippen LogP contribution in [0, 0.1) is 0 Å². The number of aromatic nitrogens is 4. The number of hydrogen-bond acceptors (Lipinski definition) is 4. The second kappa shape index (κ2) is 25.8. The molecule has 0 saturated heterocycles. The first-order chi connectivity index (χ1) is 53.5. The average Bonchev–Trinajstić information content (AvgIpc) is 0.743. The summed E-state index contributed by atoms with van der Waals surface area (Å²) >= 11 is 0. The Labute approximate surface area is 623 Å². The van der Waals surface area contributed by atoms with Crippen molar-refractivity contribution in [2.45, 2.75) is 0 Å². The van der Waals surface area contributed by atoms with Crippen molar-refractivity contribution >= 4 is 130 Å². The molecule has 0 saturated carbocycles. The molecule has 108 heavy (non-hydrogen) atoms. The smallest absolute Gasteiger partial charge is 0.0978 e. The molecule has 0 bridgehead atoms. The molecule has 0 aliphatic heterocycles. The molecule has 4 nitrogen and oxygen atoms in total. The van der Waals surface area contributed by atoms with E-state index in [9.17, 15) is 0 Å². The van der Waals surface area contributed by atoms with E-state index in [4.69, 9.17) is 19.9 Å². The Bertz CT molecular complexity index is 7430. The lowest BCUT2D eigenvalue weighted by Crippen LogP contribution is -1.93. The van der Waals surface area contributed by atoms with Gasteiger partial charge in [-0.1, -0.05) is 315 Å². The predicted octanol–water partition coefficient (Wildman–Crippen LogP) is 28.1. The van der Waals surface area contributed by atoms with Gasteiger partial charge in [0, 0.05) is 54.6 Å². The third kappa shape index (κ3) is 11.0. The Hall–Kier alpha value is -14.3. The number of pyridine rings is 4. The molecule has 0 aliphatic carbocycles. The normalized spacial score (nSPS) is 11.7. The van der Waals surface area contributed by atoms with Crippen LogP contribution in [0.15, 0.2) is 388 Å². The molecule has 4 heteroatoms. The largest absolute Gasteiger partial charge is 0.245 e. The molecule has 0 aliphatic rings. The highest BCUT2D eigenvalue weighted by Crippen LogP contribution is 2.43. The first-order valence-electron chi connectivity index (χ1n) is 37.0. The monoisotopic (exact) mass is 1370 g/mol. The van der Waals surface area contributed by atoms with E-state index in [1.165, 1.54) is 131 Å². The van der Waals surface area contributed by atoms with E-state index in [1.54, 1.807) is 0 Å². The predicted molar refractivity (Wildman–Crippen MR) is 458 cm³/mol. The molecule has 18 aromatic carbocycles. The molecule has 22 rings (SSSR count). The van der Waals surface area contributed by atoms with Crippen molar-refractivity contribution in [3.8, 4) is 89.3 Å². The molecular formula is C104H64N4. The van der Waals surface area contributed by atoms with Crippen molar-refractivity contribution in [1.29, 1.82) is 0 Å². The molecule has 0 radical (unpaired) electrons. The maximum Gasteiger partial charge on any atom is 0.0978 e. The first-order valence-corrected chi connectivity index (χ1v) is 37.0. The number of nitrogens with zero attached hydrogens (tertiary/aromatic N) is 4. The lowest BCUT2D eigenvalue weighted by molar-refractivity contribution is 1.39. The molecule has 0 fully saturated rings. The molecule has 0 unspecified atom stereocenters. The fourth-order valence-electron chi connectivity index (χ4n) is 16.5. The van der Waals surface area contributed by atoms with Crippen LogP contribution in [0.2, 0.25) is 0 Å². The van der Waals surface area contributed by atoms with E-state index in [0.717, 1.165) is 87.9 Å². The number of hydrogen-bond donors (Lipinski definition) is 0. The van der Waals surface area contributed by atoms with E-state index in [2.05, 4.69) is 388 Å². The highest BCUT2D eigenvalue weighted by molar-refractivity contribution is 6.18. The van der Waals surface area contributed by atoms with Crippen LogP contribution in [0.3, 0.4) is 0 Å². The number of para-hydroxylation sites is 2. The molecule has 0 atom stereocenters. The fraction of sp³-hybridized carbons (Fsp3) is 0. The lowest BCUT2D eigenvalue weighted by Gasteiger charge is -2.15. The molecule has 500 valence electrons. The summed E-state index contributed by atoms with van der Waals surface area (Å²) in [6.07, 6.45) is 0. The van der Waals surface area contributed by atoms with Crippen molar-refractivity contribution in [2.75, 3.05) is 0 Å². The van der Waals surface area contributed by atoms with Gasteiger partial charge >= 0.3 is 0 Å². The van der Waals surface area contributed by atoms with Crippen LogP contribution in [0.1, 0.15) is 0 Å². The third-order valence-corrected chi connectivity index (χ3v) is 22.0. The van der Waals surface area contributed by atoms with Gasteiger partial charge in [0.1, 0.15) is 0 Å². The quantitative estimate of drug-likeness (QED) is 0.112. The summed E-state index contributed by atoms with van der Waals surface area (Å²) in [6.45, 7) is 0. The summed E-state index contributed by atoms with van der Waals surface area (Å²) in [5, 5.41) is 21.4. The van der Waals surface area contributed by atoms with Gasteiger partial charge in [0.15, 0.2) is 0 Å². The van der Waals surface area contributed by atoms with E-state index in [0.29, 0.717) is 0 Å². The van der Waals surface area contributed by atoms with Gasteiger partial charge < -0.3 is 0 Å². The number of benzene rings is 18. The standard InChI is InChI=1S/2C52H32N2/c1-2-11-34(12-3-1)50-46-16-8-9-17-48(46)54-52-47(50)26-24-35-25-29-49(53-51(35)52)45-28-27-42(43-14-6-7-15-44(43)45)41-23-22-39-31-38(20-21-40(39)32-41)37-19-18-33-10-4-5-13-36(33)30-37;1-2-9-34(10-3-1)50-46-12-6-7-13-49(46)54-52-47(50)26-24-35-25-27-48(53-51(35)52)45-23-22-43-31-42(20-21-44(43)32-45)41-19-18-39-29-38(16-17-40(39)30-41)37-15-14-33-8-4-5-11-36(33)28-37/h2*1-32H. The van der Waals surface area contributed by atoms with E-state index in [-0.39, 0.29) is 0 Å². The van der Waals surface area contributed by atoms with E-state index in [1.807, 2.05) is 0 Å². The second-order valence-corrected chi connectivity index (χ2v) is 28.4. The van der Waals surface area contributed by atoms with Gasteiger partial charge in [-0.2, -0.15) is 0 Å². The minimum absolute atomic E-state index is 0.915. The third-order valence-electron chi connectivity index (χ3n) is 22.0. The molecule has 0 amide bonds. The first kappa shape index (κ1) is 62.3. The van der Waals surface area contributed by atoms with Gasteiger partial charge in [0.05, 0.1) is 44.5 Å². The van der Waals surface area contributed by atoms with Crippen LogP contribution in [0.4, 0.5) is 0 Å². The summed E-state index contributed by atoms with van der Waals surface area (Å²) in [7, 11) is 0. The number of fused-ring (bicyclic) bond motifs is 14. The summed E-state index contributed by atoms with van der Waals surface area (Å²) in [5.41, 5.74) is 24.2. The van der Waals surface area contributed by atoms with Gasteiger partial charge in [-0.05, 0) is 193 Å². The summed E-state index contributed by atoms with van der Waals surface area (Å²) in [6, 6.07) is 140. The summed E-state index contributed by atoms with van der Waals surface area (Å²) in [4.78, 5) is 21.1. The Morgan fingerprint density at radius 1 is 0.139 bits per heavy atom. The highest BCUT2D eigenvalue weighted by Gasteiger charge is 2.20. The molecule has 0 spiro atoms. The highest BCUT2D eigenvalue weighted by atomic mass is 14.8. The molecule has 0 N–H and O–H groups in total. The number of rotatable bonds is 8.